The molecule has 0 bridgehead atoms. The summed E-state index contributed by atoms with van der Waals surface area (Å²) in [6, 6.07) is 0. The van der Waals surface area contributed by atoms with Crippen LogP contribution in [0.15, 0.2) is 4.52 Å². The largest absolute Gasteiger partial charge is 0.392 e. The maximum absolute atomic E-state index is 9.92. The van der Waals surface area contributed by atoms with Crippen LogP contribution in [0.4, 0.5) is 0 Å². The van der Waals surface area contributed by atoms with Crippen molar-refractivity contribution >= 4 is 0 Å². The van der Waals surface area contributed by atoms with Gasteiger partial charge in [-0.05, 0) is 11.8 Å². The molecule has 1 N–H and O–H groups in total. The Bertz CT molecular complexity index is 328. The van der Waals surface area contributed by atoms with Crippen LogP contribution in [0.5, 0.6) is 0 Å². The summed E-state index contributed by atoms with van der Waals surface area (Å²) >= 11 is 0. The van der Waals surface area contributed by atoms with Crippen LogP contribution >= 0.6 is 0 Å². The minimum Gasteiger partial charge on any atom is -0.392 e. The van der Waals surface area contributed by atoms with E-state index < -0.39 is 6.10 Å². The van der Waals surface area contributed by atoms with E-state index in [-0.39, 0.29) is 5.41 Å². The van der Waals surface area contributed by atoms with E-state index in [9.17, 15) is 5.11 Å². The van der Waals surface area contributed by atoms with Gasteiger partial charge in [0.05, 0.1) is 12.5 Å². The van der Waals surface area contributed by atoms with Crippen molar-refractivity contribution in [1.29, 1.82) is 0 Å². The van der Waals surface area contributed by atoms with E-state index in [0.717, 1.165) is 12.2 Å². The summed E-state index contributed by atoms with van der Waals surface area (Å²) in [4.78, 5) is 4.30. The molecule has 4 heteroatoms. The standard InChI is InChI=1S/C12H22N2O2/c1-6-8(2)11-13-10(16-14-11)7-9(15)12(3,4)5/h8-9,15H,6-7H2,1-5H3. The van der Waals surface area contributed by atoms with Gasteiger partial charge in [0.1, 0.15) is 0 Å². The second-order valence-electron chi connectivity index (χ2n) is 5.44. The number of rotatable bonds is 4. The molecule has 0 spiro atoms. The molecular formula is C12H22N2O2. The first-order chi connectivity index (χ1) is 7.34. The van der Waals surface area contributed by atoms with Crippen LogP contribution < -0.4 is 0 Å². The Morgan fingerprint density at radius 1 is 1.38 bits per heavy atom. The van der Waals surface area contributed by atoms with Crippen molar-refractivity contribution in [2.75, 3.05) is 0 Å². The van der Waals surface area contributed by atoms with Gasteiger partial charge in [-0.2, -0.15) is 4.98 Å². The first kappa shape index (κ1) is 13.2. The van der Waals surface area contributed by atoms with Gasteiger partial charge in [0.15, 0.2) is 5.82 Å². The van der Waals surface area contributed by atoms with Gasteiger partial charge in [-0.3, -0.25) is 0 Å². The third kappa shape index (κ3) is 3.30. The monoisotopic (exact) mass is 226 g/mol. The molecular weight excluding hydrogens is 204 g/mol. The lowest BCUT2D eigenvalue weighted by molar-refractivity contribution is 0.0565. The Labute approximate surface area is 97.1 Å². The molecule has 0 aliphatic rings. The van der Waals surface area contributed by atoms with E-state index >= 15 is 0 Å². The summed E-state index contributed by atoms with van der Waals surface area (Å²) in [6.07, 6.45) is 0.950. The van der Waals surface area contributed by atoms with Crippen molar-refractivity contribution < 1.29 is 9.63 Å². The lowest BCUT2D eigenvalue weighted by atomic mass is 9.87. The Morgan fingerprint density at radius 3 is 2.50 bits per heavy atom. The fourth-order valence-corrected chi connectivity index (χ4v) is 1.21. The second kappa shape index (κ2) is 4.95. The van der Waals surface area contributed by atoms with Crippen molar-refractivity contribution in [2.45, 2.75) is 59.5 Å². The van der Waals surface area contributed by atoms with E-state index in [2.05, 4.69) is 24.0 Å². The van der Waals surface area contributed by atoms with Crippen LogP contribution in [0, 0.1) is 5.41 Å². The maximum atomic E-state index is 9.92. The third-order valence-corrected chi connectivity index (χ3v) is 2.90. The molecule has 0 saturated carbocycles. The highest BCUT2D eigenvalue weighted by Gasteiger charge is 2.25. The highest BCUT2D eigenvalue weighted by Crippen LogP contribution is 2.22. The van der Waals surface area contributed by atoms with Gasteiger partial charge in [0.2, 0.25) is 5.89 Å². The average molecular weight is 226 g/mol. The van der Waals surface area contributed by atoms with Crippen molar-refractivity contribution in [1.82, 2.24) is 10.1 Å². The first-order valence-electron chi connectivity index (χ1n) is 5.85. The first-order valence-corrected chi connectivity index (χ1v) is 5.85. The molecule has 2 unspecified atom stereocenters. The number of nitrogens with zero attached hydrogens (tertiary/aromatic N) is 2. The van der Waals surface area contributed by atoms with Crippen molar-refractivity contribution in [3.8, 4) is 0 Å². The van der Waals surface area contributed by atoms with Crippen LogP contribution in [0.2, 0.25) is 0 Å². The topological polar surface area (TPSA) is 59.2 Å². The molecule has 2 atom stereocenters. The number of hydrogen-bond acceptors (Lipinski definition) is 4. The summed E-state index contributed by atoms with van der Waals surface area (Å²) in [5.41, 5.74) is -0.162. The summed E-state index contributed by atoms with van der Waals surface area (Å²) in [5, 5.41) is 13.8. The average Bonchev–Trinajstić information content (AvgIpc) is 2.63. The highest BCUT2D eigenvalue weighted by molar-refractivity contribution is 4.95. The Kier molecular flexibility index (Phi) is 4.08. The van der Waals surface area contributed by atoms with Gasteiger partial charge in [0.25, 0.3) is 0 Å². The van der Waals surface area contributed by atoms with Crippen LogP contribution in [-0.2, 0) is 6.42 Å². The summed E-state index contributed by atoms with van der Waals surface area (Å²) in [7, 11) is 0. The Balaban J connectivity index is 2.66. The molecule has 0 aromatic carbocycles. The molecule has 0 aliphatic carbocycles. The zero-order chi connectivity index (χ0) is 12.3. The van der Waals surface area contributed by atoms with Gasteiger partial charge in [-0.15, -0.1) is 0 Å². The lowest BCUT2D eigenvalue weighted by Gasteiger charge is -2.24. The van der Waals surface area contributed by atoms with E-state index in [1.807, 2.05) is 20.8 Å². The van der Waals surface area contributed by atoms with Gasteiger partial charge in [-0.25, -0.2) is 0 Å². The van der Waals surface area contributed by atoms with Gasteiger partial charge in [-0.1, -0.05) is 39.8 Å². The quantitative estimate of drug-likeness (QED) is 0.857. The number of aliphatic hydroxyl groups excluding tert-OH is 1. The van der Waals surface area contributed by atoms with Gasteiger partial charge >= 0.3 is 0 Å². The Hall–Kier alpha value is -0.900. The molecule has 92 valence electrons. The van der Waals surface area contributed by atoms with Gasteiger partial charge in [0, 0.05) is 5.92 Å². The minimum atomic E-state index is -0.460. The third-order valence-electron chi connectivity index (χ3n) is 2.90. The van der Waals surface area contributed by atoms with E-state index in [1.54, 1.807) is 0 Å². The SMILES string of the molecule is CCC(C)c1noc(CC(O)C(C)(C)C)n1. The minimum absolute atomic E-state index is 0.162. The maximum Gasteiger partial charge on any atom is 0.229 e. The van der Waals surface area contributed by atoms with Crippen LogP contribution in [0.1, 0.15) is 58.7 Å². The highest BCUT2D eigenvalue weighted by atomic mass is 16.5. The van der Waals surface area contributed by atoms with E-state index in [1.165, 1.54) is 0 Å². The zero-order valence-electron chi connectivity index (χ0n) is 10.8. The Morgan fingerprint density at radius 2 is 2.00 bits per heavy atom. The van der Waals surface area contributed by atoms with Crippen molar-refractivity contribution in [3.63, 3.8) is 0 Å². The molecule has 0 amide bonds. The molecule has 1 rings (SSSR count). The number of hydrogen-bond donors (Lipinski definition) is 1. The fourth-order valence-electron chi connectivity index (χ4n) is 1.21. The number of aliphatic hydroxyl groups is 1. The lowest BCUT2D eigenvalue weighted by Crippen LogP contribution is -2.28. The van der Waals surface area contributed by atoms with E-state index in [0.29, 0.717) is 18.2 Å². The number of aromatic nitrogens is 2. The molecule has 1 aromatic rings. The van der Waals surface area contributed by atoms with Crippen molar-refractivity contribution in [2.24, 2.45) is 5.41 Å². The smallest absolute Gasteiger partial charge is 0.229 e. The van der Waals surface area contributed by atoms with Crippen molar-refractivity contribution in [3.05, 3.63) is 11.7 Å². The molecule has 16 heavy (non-hydrogen) atoms. The normalized spacial score (nSPS) is 16.1. The van der Waals surface area contributed by atoms with Crippen LogP contribution in [-0.4, -0.2) is 21.4 Å². The van der Waals surface area contributed by atoms with Crippen LogP contribution in [0.25, 0.3) is 0 Å². The molecule has 0 saturated heterocycles. The molecule has 1 aromatic heterocycles. The van der Waals surface area contributed by atoms with Gasteiger partial charge < -0.3 is 9.63 Å². The molecule has 0 fully saturated rings. The second-order valence-corrected chi connectivity index (χ2v) is 5.44. The van der Waals surface area contributed by atoms with E-state index in [4.69, 9.17) is 4.52 Å². The summed E-state index contributed by atoms with van der Waals surface area (Å²) < 4.78 is 5.13. The molecule has 1 heterocycles. The van der Waals surface area contributed by atoms with Crippen LogP contribution in [0.3, 0.4) is 0 Å². The summed E-state index contributed by atoms with van der Waals surface area (Å²) in [5.74, 6) is 1.57. The molecule has 0 aliphatic heterocycles. The predicted octanol–water partition coefficient (Wildman–Crippen LogP) is 2.53. The zero-order valence-corrected chi connectivity index (χ0v) is 10.8. The summed E-state index contributed by atoms with van der Waals surface area (Å²) in [6.45, 7) is 10.1. The molecule has 4 nitrogen and oxygen atoms in total. The predicted molar refractivity (Wildman–Crippen MR) is 62.2 cm³/mol. The molecule has 0 radical (unpaired) electrons. The fraction of sp³-hybridized carbons (Fsp3) is 0.833.